The second kappa shape index (κ2) is 8.47. The molecule has 0 radical (unpaired) electrons. The lowest BCUT2D eigenvalue weighted by Gasteiger charge is -2.07. The van der Waals surface area contributed by atoms with Crippen LogP contribution in [0.25, 0.3) is 22.0 Å². The average Bonchev–Trinajstić information content (AvgIpc) is 3.14. The van der Waals surface area contributed by atoms with Gasteiger partial charge in [0, 0.05) is 16.5 Å². The minimum atomic E-state index is -0.335. The predicted octanol–water partition coefficient (Wildman–Crippen LogP) is 5.57. The van der Waals surface area contributed by atoms with Crippen LogP contribution in [-0.2, 0) is 0 Å². The first-order chi connectivity index (χ1) is 14.5. The first-order valence-corrected chi connectivity index (χ1v) is 10.3. The molecule has 30 heavy (non-hydrogen) atoms. The number of thiazole rings is 1. The Hall–Kier alpha value is -3.51. The van der Waals surface area contributed by atoms with E-state index in [1.807, 2.05) is 42.6 Å². The minimum Gasteiger partial charge on any atom is -0.507 e. The van der Waals surface area contributed by atoms with Gasteiger partial charge in [-0.15, -0.1) is 11.3 Å². The summed E-state index contributed by atoms with van der Waals surface area (Å²) in [5, 5.41) is 18.7. The summed E-state index contributed by atoms with van der Waals surface area (Å²) in [5.41, 5.74) is 2.54. The molecule has 3 aromatic carbocycles. The van der Waals surface area contributed by atoms with Crippen molar-refractivity contribution in [1.82, 2.24) is 4.68 Å². The second-order valence-corrected chi connectivity index (χ2v) is 7.77. The molecule has 0 amide bonds. The zero-order valence-electron chi connectivity index (χ0n) is 16.4. The molecule has 0 aliphatic rings. The van der Waals surface area contributed by atoms with Crippen LogP contribution < -0.4 is 4.80 Å². The molecule has 0 saturated carbocycles. The van der Waals surface area contributed by atoms with Crippen LogP contribution in [0.1, 0.15) is 12.5 Å². The van der Waals surface area contributed by atoms with Crippen LogP contribution in [0.3, 0.4) is 0 Å². The molecule has 0 fully saturated rings. The Morgan fingerprint density at radius 1 is 1.13 bits per heavy atom. The fourth-order valence-electron chi connectivity index (χ4n) is 3.11. The monoisotopic (exact) mass is 417 g/mol. The molecule has 0 aliphatic carbocycles. The molecule has 150 valence electrons. The zero-order chi connectivity index (χ0) is 21.1. The molecule has 0 spiro atoms. The summed E-state index contributed by atoms with van der Waals surface area (Å²) in [6.07, 6.45) is 1.59. The maximum Gasteiger partial charge on any atom is 0.206 e. The fraction of sp³-hybridized carbons (Fsp3) is 0.0833. The quantitative estimate of drug-likeness (QED) is 0.335. The number of aromatic nitrogens is 1. The number of hydrogen-bond donors (Lipinski definition) is 1. The van der Waals surface area contributed by atoms with Gasteiger partial charge in [-0.05, 0) is 35.9 Å². The molecule has 0 saturated heterocycles. The van der Waals surface area contributed by atoms with E-state index in [0.29, 0.717) is 28.2 Å². The Labute approximate surface area is 177 Å². The molecule has 1 aromatic heterocycles. The van der Waals surface area contributed by atoms with Crippen molar-refractivity contribution in [3.63, 3.8) is 0 Å². The summed E-state index contributed by atoms with van der Waals surface area (Å²) in [5.74, 6) is -0.208. The highest BCUT2D eigenvalue weighted by Crippen LogP contribution is 2.26. The van der Waals surface area contributed by atoms with E-state index in [9.17, 15) is 9.50 Å². The van der Waals surface area contributed by atoms with E-state index in [1.165, 1.54) is 17.4 Å². The Balaban J connectivity index is 1.89. The third kappa shape index (κ3) is 3.95. The number of aromatic hydroxyl groups is 1. The maximum atomic E-state index is 14.5. The summed E-state index contributed by atoms with van der Waals surface area (Å²) < 4.78 is 16.1. The number of phenols is 1. The number of nitrogens with zero attached hydrogens (tertiary/aromatic N) is 3. The Morgan fingerprint density at radius 3 is 2.70 bits per heavy atom. The Morgan fingerprint density at radius 2 is 1.90 bits per heavy atom. The standard InChI is InChI=1S/C24H20FN3OS/c1-16(2)13-26-24-28(22(15-30-24)19-9-5-6-10-21(19)25)27-14-20-18-8-4-3-7-17(18)11-12-23(20)29/h3-12,14-15,29H,1,13H2,2H3. The summed E-state index contributed by atoms with van der Waals surface area (Å²) in [7, 11) is 0. The normalized spacial score (nSPS) is 12.1. The molecule has 1 heterocycles. The third-order valence-corrected chi connectivity index (χ3v) is 5.42. The van der Waals surface area contributed by atoms with Gasteiger partial charge in [-0.25, -0.2) is 9.07 Å². The molecule has 4 rings (SSSR count). The molecule has 4 nitrogen and oxygen atoms in total. The largest absolute Gasteiger partial charge is 0.507 e. The average molecular weight is 418 g/mol. The van der Waals surface area contributed by atoms with Gasteiger partial charge in [0.1, 0.15) is 11.6 Å². The van der Waals surface area contributed by atoms with Crippen molar-refractivity contribution in [2.75, 3.05) is 6.54 Å². The molecule has 1 N–H and O–H groups in total. The highest BCUT2D eigenvalue weighted by atomic mass is 32.1. The SMILES string of the molecule is C=C(C)CN=c1scc(-c2ccccc2F)n1N=Cc1c(O)ccc2ccccc12. The van der Waals surface area contributed by atoms with E-state index in [2.05, 4.69) is 16.7 Å². The molecule has 0 atom stereocenters. The second-order valence-electron chi connectivity index (χ2n) is 6.93. The number of benzene rings is 3. The summed E-state index contributed by atoms with van der Waals surface area (Å²) in [6, 6.07) is 17.8. The van der Waals surface area contributed by atoms with E-state index in [0.717, 1.165) is 16.3 Å². The molecule has 0 unspecified atom stereocenters. The van der Waals surface area contributed by atoms with Crippen molar-refractivity contribution in [2.45, 2.75) is 6.92 Å². The first kappa shape index (κ1) is 19.8. The number of fused-ring (bicyclic) bond motifs is 1. The zero-order valence-corrected chi connectivity index (χ0v) is 17.2. The molecule has 6 heteroatoms. The van der Waals surface area contributed by atoms with Gasteiger partial charge in [-0.1, -0.05) is 54.6 Å². The van der Waals surface area contributed by atoms with Gasteiger partial charge in [0.05, 0.1) is 18.5 Å². The van der Waals surface area contributed by atoms with Crippen molar-refractivity contribution in [1.29, 1.82) is 0 Å². The smallest absolute Gasteiger partial charge is 0.206 e. The van der Waals surface area contributed by atoms with Crippen molar-refractivity contribution < 1.29 is 9.50 Å². The van der Waals surface area contributed by atoms with Crippen LogP contribution in [0.15, 0.2) is 88.3 Å². The van der Waals surface area contributed by atoms with E-state index < -0.39 is 0 Å². The van der Waals surface area contributed by atoms with Crippen LogP contribution in [0.4, 0.5) is 4.39 Å². The number of hydrogen-bond acceptors (Lipinski definition) is 4. The summed E-state index contributed by atoms with van der Waals surface area (Å²) >= 11 is 1.38. The molecule has 4 aromatic rings. The van der Waals surface area contributed by atoms with Crippen LogP contribution in [0, 0.1) is 5.82 Å². The van der Waals surface area contributed by atoms with Crippen molar-refractivity contribution in [3.8, 4) is 17.0 Å². The third-order valence-electron chi connectivity index (χ3n) is 4.57. The van der Waals surface area contributed by atoms with Crippen LogP contribution in [-0.4, -0.2) is 22.5 Å². The van der Waals surface area contributed by atoms with E-state index >= 15 is 0 Å². The van der Waals surface area contributed by atoms with E-state index in [-0.39, 0.29) is 11.6 Å². The number of phenolic OH excluding ortho intramolecular Hbond substituents is 1. The molecule has 0 aliphatic heterocycles. The highest BCUT2D eigenvalue weighted by Gasteiger charge is 2.12. The topological polar surface area (TPSA) is 49.9 Å². The summed E-state index contributed by atoms with van der Waals surface area (Å²) in [6.45, 7) is 6.24. The Kier molecular flexibility index (Phi) is 5.59. The minimum absolute atomic E-state index is 0.126. The number of halogens is 1. The lowest BCUT2D eigenvalue weighted by atomic mass is 10.0. The lowest BCUT2D eigenvalue weighted by molar-refractivity contribution is 0.475. The lowest BCUT2D eigenvalue weighted by Crippen LogP contribution is -2.13. The van der Waals surface area contributed by atoms with E-state index in [4.69, 9.17) is 0 Å². The van der Waals surface area contributed by atoms with Gasteiger partial charge >= 0.3 is 0 Å². The van der Waals surface area contributed by atoms with Gasteiger partial charge in [-0.2, -0.15) is 5.10 Å². The van der Waals surface area contributed by atoms with Crippen molar-refractivity contribution in [2.24, 2.45) is 10.1 Å². The van der Waals surface area contributed by atoms with Crippen molar-refractivity contribution in [3.05, 3.63) is 94.4 Å². The van der Waals surface area contributed by atoms with Crippen LogP contribution in [0.5, 0.6) is 5.75 Å². The molecular weight excluding hydrogens is 397 g/mol. The molecule has 0 bridgehead atoms. The van der Waals surface area contributed by atoms with Crippen LogP contribution >= 0.6 is 11.3 Å². The Bertz CT molecular complexity index is 1330. The molecular formula is C24H20FN3OS. The van der Waals surface area contributed by atoms with Gasteiger partial charge < -0.3 is 5.11 Å². The van der Waals surface area contributed by atoms with Gasteiger partial charge in [-0.3, -0.25) is 4.99 Å². The van der Waals surface area contributed by atoms with Gasteiger partial charge in [0.25, 0.3) is 0 Å². The van der Waals surface area contributed by atoms with Gasteiger partial charge in [0.15, 0.2) is 0 Å². The van der Waals surface area contributed by atoms with E-state index in [1.54, 1.807) is 35.2 Å². The van der Waals surface area contributed by atoms with Gasteiger partial charge in [0.2, 0.25) is 4.80 Å². The van der Waals surface area contributed by atoms with Crippen molar-refractivity contribution >= 4 is 28.3 Å². The summed E-state index contributed by atoms with van der Waals surface area (Å²) in [4.78, 5) is 5.18. The maximum absolute atomic E-state index is 14.5. The number of rotatable bonds is 5. The van der Waals surface area contributed by atoms with Crippen LogP contribution in [0.2, 0.25) is 0 Å². The highest BCUT2D eigenvalue weighted by molar-refractivity contribution is 7.07. The fourth-order valence-corrected chi connectivity index (χ4v) is 3.94. The first-order valence-electron chi connectivity index (χ1n) is 9.40. The predicted molar refractivity (Wildman–Crippen MR) is 122 cm³/mol.